The smallest absolute Gasteiger partial charge is 0.119 e. The van der Waals surface area contributed by atoms with Gasteiger partial charge in [-0.25, -0.2) is 0 Å². The van der Waals surface area contributed by atoms with Gasteiger partial charge in [-0.05, 0) is 18.2 Å². The lowest BCUT2D eigenvalue weighted by Crippen LogP contribution is -1.85. The largest absolute Gasteiger partial charge is 0.497 e. The number of aromatic amines is 1. The maximum absolute atomic E-state index is 5.91. The molecular weight excluding hydrogens is 226 g/mol. The molecule has 0 aliphatic rings. The van der Waals surface area contributed by atoms with Crippen molar-refractivity contribution in [3.63, 3.8) is 0 Å². The van der Waals surface area contributed by atoms with E-state index in [-0.39, 0.29) is 0 Å². The Kier molecular flexibility index (Phi) is 2.41. The summed E-state index contributed by atoms with van der Waals surface area (Å²) in [6, 6.07) is 13.6. The summed E-state index contributed by atoms with van der Waals surface area (Å²) in [6.07, 6.45) is 0. The predicted molar refractivity (Wildman–Crippen MR) is 72.5 cm³/mol. The second-order valence-corrected chi connectivity index (χ2v) is 4.07. The normalized spacial score (nSPS) is 10.7. The highest BCUT2D eigenvalue weighted by atomic mass is 16.5. The minimum Gasteiger partial charge on any atom is -0.497 e. The molecule has 18 heavy (non-hydrogen) atoms. The first-order valence-corrected chi connectivity index (χ1v) is 5.66. The number of para-hydroxylation sites is 1. The van der Waals surface area contributed by atoms with Crippen LogP contribution in [-0.2, 0) is 0 Å². The molecule has 0 aliphatic heterocycles. The van der Waals surface area contributed by atoms with Crippen LogP contribution in [0.4, 0.5) is 5.69 Å². The fourth-order valence-corrected chi connectivity index (χ4v) is 2.05. The molecule has 0 fully saturated rings. The minimum absolute atomic E-state index is 0.703. The second kappa shape index (κ2) is 4.07. The minimum atomic E-state index is 0.703. The molecule has 0 bridgehead atoms. The molecule has 0 spiro atoms. The molecule has 3 rings (SSSR count). The highest BCUT2D eigenvalue weighted by Crippen LogP contribution is 2.30. The Morgan fingerprint density at radius 1 is 1.17 bits per heavy atom. The van der Waals surface area contributed by atoms with Crippen LogP contribution in [0.25, 0.3) is 22.2 Å². The van der Waals surface area contributed by atoms with Crippen LogP contribution in [0.3, 0.4) is 0 Å². The number of rotatable bonds is 2. The van der Waals surface area contributed by atoms with E-state index in [0.717, 1.165) is 27.9 Å². The van der Waals surface area contributed by atoms with Gasteiger partial charge in [0.1, 0.15) is 11.4 Å². The van der Waals surface area contributed by atoms with Crippen molar-refractivity contribution in [1.82, 2.24) is 10.2 Å². The number of hydrogen-bond donors (Lipinski definition) is 2. The standard InChI is InChI=1S/C14H13N3O/c1-18-10-5-2-4-9(8-10)13-11-6-3-7-12(15)14(11)17-16-13/h2-8H,15H2,1H3,(H,16,17). The van der Waals surface area contributed by atoms with Crippen LogP contribution >= 0.6 is 0 Å². The van der Waals surface area contributed by atoms with Gasteiger partial charge in [0, 0.05) is 10.9 Å². The number of fused-ring (bicyclic) bond motifs is 1. The van der Waals surface area contributed by atoms with Crippen LogP contribution in [0.2, 0.25) is 0 Å². The summed E-state index contributed by atoms with van der Waals surface area (Å²) < 4.78 is 5.23. The highest BCUT2D eigenvalue weighted by molar-refractivity contribution is 5.98. The van der Waals surface area contributed by atoms with Crippen LogP contribution < -0.4 is 10.5 Å². The van der Waals surface area contributed by atoms with Crippen LogP contribution in [0.15, 0.2) is 42.5 Å². The monoisotopic (exact) mass is 239 g/mol. The number of hydrogen-bond acceptors (Lipinski definition) is 3. The van der Waals surface area contributed by atoms with Crippen molar-refractivity contribution in [2.24, 2.45) is 0 Å². The Labute approximate surface area is 104 Å². The maximum Gasteiger partial charge on any atom is 0.119 e. The molecule has 3 N–H and O–H groups in total. The molecular formula is C14H13N3O. The molecule has 4 nitrogen and oxygen atoms in total. The number of ether oxygens (including phenoxy) is 1. The lowest BCUT2D eigenvalue weighted by Gasteiger charge is -2.02. The van der Waals surface area contributed by atoms with E-state index in [1.54, 1.807) is 7.11 Å². The number of H-pyrrole nitrogens is 1. The summed E-state index contributed by atoms with van der Waals surface area (Å²) in [4.78, 5) is 0. The zero-order valence-electron chi connectivity index (χ0n) is 9.97. The van der Waals surface area contributed by atoms with E-state index in [9.17, 15) is 0 Å². The van der Waals surface area contributed by atoms with Gasteiger partial charge in [-0.2, -0.15) is 5.10 Å². The number of benzene rings is 2. The van der Waals surface area contributed by atoms with Crippen molar-refractivity contribution in [2.45, 2.75) is 0 Å². The van der Waals surface area contributed by atoms with Crippen LogP contribution in [0, 0.1) is 0 Å². The molecule has 1 aromatic heterocycles. The lowest BCUT2D eigenvalue weighted by molar-refractivity contribution is 0.415. The van der Waals surface area contributed by atoms with E-state index in [2.05, 4.69) is 10.2 Å². The van der Waals surface area contributed by atoms with Crippen LogP contribution in [0.5, 0.6) is 5.75 Å². The van der Waals surface area contributed by atoms with Gasteiger partial charge in [-0.1, -0.05) is 24.3 Å². The van der Waals surface area contributed by atoms with Crippen molar-refractivity contribution >= 4 is 16.6 Å². The quantitative estimate of drug-likeness (QED) is 0.676. The number of anilines is 1. The summed E-state index contributed by atoms with van der Waals surface area (Å²) in [5, 5.41) is 8.33. The summed E-state index contributed by atoms with van der Waals surface area (Å²) in [5.74, 6) is 0.813. The SMILES string of the molecule is COc1cccc(-c2n[nH]c3c(N)cccc23)c1. The van der Waals surface area contributed by atoms with E-state index in [0.29, 0.717) is 5.69 Å². The number of aromatic nitrogens is 2. The average Bonchev–Trinajstić information content (AvgIpc) is 2.84. The molecule has 3 aromatic rings. The zero-order valence-corrected chi connectivity index (χ0v) is 9.97. The molecule has 0 saturated carbocycles. The Morgan fingerprint density at radius 3 is 2.83 bits per heavy atom. The van der Waals surface area contributed by atoms with Crippen molar-refractivity contribution < 1.29 is 4.74 Å². The van der Waals surface area contributed by atoms with E-state index in [4.69, 9.17) is 10.5 Å². The van der Waals surface area contributed by atoms with Gasteiger partial charge >= 0.3 is 0 Å². The maximum atomic E-state index is 5.91. The number of nitrogens with zero attached hydrogens (tertiary/aromatic N) is 1. The third kappa shape index (κ3) is 1.59. The molecule has 1 heterocycles. The van der Waals surface area contributed by atoms with E-state index in [1.807, 2.05) is 42.5 Å². The van der Waals surface area contributed by atoms with Gasteiger partial charge in [0.25, 0.3) is 0 Å². The third-order valence-electron chi connectivity index (χ3n) is 2.97. The number of nitrogens with two attached hydrogens (primary N) is 1. The van der Waals surface area contributed by atoms with Gasteiger partial charge in [0.15, 0.2) is 0 Å². The Bertz CT molecular complexity index is 703. The van der Waals surface area contributed by atoms with E-state index < -0.39 is 0 Å². The summed E-state index contributed by atoms with van der Waals surface area (Å²) in [5.41, 5.74) is 9.37. The van der Waals surface area contributed by atoms with Crippen molar-refractivity contribution in [2.75, 3.05) is 12.8 Å². The number of methoxy groups -OCH3 is 1. The van der Waals surface area contributed by atoms with E-state index in [1.165, 1.54) is 0 Å². The topological polar surface area (TPSA) is 63.9 Å². The molecule has 0 amide bonds. The molecule has 90 valence electrons. The lowest BCUT2D eigenvalue weighted by atomic mass is 10.1. The van der Waals surface area contributed by atoms with Crippen molar-refractivity contribution in [3.8, 4) is 17.0 Å². The van der Waals surface area contributed by atoms with Gasteiger partial charge in [0.05, 0.1) is 18.3 Å². The Morgan fingerprint density at radius 2 is 2.00 bits per heavy atom. The first-order chi connectivity index (χ1) is 8.79. The fourth-order valence-electron chi connectivity index (χ4n) is 2.05. The Balaban J connectivity index is 2.22. The van der Waals surface area contributed by atoms with Gasteiger partial charge < -0.3 is 10.5 Å². The van der Waals surface area contributed by atoms with Gasteiger partial charge in [-0.3, -0.25) is 5.10 Å². The fraction of sp³-hybridized carbons (Fsp3) is 0.0714. The molecule has 0 saturated heterocycles. The third-order valence-corrected chi connectivity index (χ3v) is 2.97. The van der Waals surface area contributed by atoms with Gasteiger partial charge in [-0.15, -0.1) is 0 Å². The first kappa shape index (κ1) is 10.7. The highest BCUT2D eigenvalue weighted by Gasteiger charge is 2.09. The van der Waals surface area contributed by atoms with Crippen molar-refractivity contribution in [3.05, 3.63) is 42.5 Å². The van der Waals surface area contributed by atoms with Gasteiger partial charge in [0.2, 0.25) is 0 Å². The summed E-state index contributed by atoms with van der Waals surface area (Å²) in [6.45, 7) is 0. The van der Waals surface area contributed by atoms with Crippen molar-refractivity contribution in [1.29, 1.82) is 0 Å². The second-order valence-electron chi connectivity index (χ2n) is 4.07. The average molecular weight is 239 g/mol. The summed E-state index contributed by atoms with van der Waals surface area (Å²) in [7, 11) is 1.65. The number of nitrogen functional groups attached to an aromatic ring is 1. The molecule has 2 aromatic carbocycles. The first-order valence-electron chi connectivity index (χ1n) is 5.66. The van der Waals surface area contributed by atoms with Crippen LogP contribution in [0.1, 0.15) is 0 Å². The predicted octanol–water partition coefficient (Wildman–Crippen LogP) is 2.82. The molecule has 0 aliphatic carbocycles. The molecule has 0 unspecified atom stereocenters. The Hall–Kier alpha value is -2.49. The molecule has 0 atom stereocenters. The zero-order chi connectivity index (χ0) is 12.5. The molecule has 4 heteroatoms. The molecule has 0 radical (unpaired) electrons. The van der Waals surface area contributed by atoms with Crippen LogP contribution in [-0.4, -0.2) is 17.3 Å². The summed E-state index contributed by atoms with van der Waals surface area (Å²) >= 11 is 0. The van der Waals surface area contributed by atoms with E-state index >= 15 is 0 Å². The number of nitrogens with one attached hydrogen (secondary N) is 1.